The zero-order valence-electron chi connectivity index (χ0n) is 11.2. The number of hydrogen-bond donors (Lipinski definition) is 2. The Morgan fingerprint density at radius 2 is 1.94 bits per heavy atom. The quantitative estimate of drug-likeness (QED) is 0.860. The Labute approximate surface area is 108 Å². The van der Waals surface area contributed by atoms with Crippen LogP contribution in [-0.2, 0) is 6.42 Å². The average molecular weight is 250 g/mol. The average Bonchev–Trinajstić information content (AvgIpc) is 2.88. The van der Waals surface area contributed by atoms with Crippen LogP contribution in [0.25, 0.3) is 0 Å². The minimum Gasteiger partial charge on any atom is -0.456 e. The van der Waals surface area contributed by atoms with Crippen LogP contribution in [0.3, 0.4) is 0 Å². The van der Waals surface area contributed by atoms with E-state index in [-0.39, 0.29) is 11.9 Å². The number of furan rings is 1. The van der Waals surface area contributed by atoms with Gasteiger partial charge in [-0.25, -0.2) is 0 Å². The van der Waals surface area contributed by atoms with Crippen LogP contribution in [0.15, 0.2) is 16.5 Å². The number of amides is 1. The van der Waals surface area contributed by atoms with Gasteiger partial charge in [0, 0.05) is 18.5 Å². The number of hydrogen-bond acceptors (Lipinski definition) is 3. The lowest BCUT2D eigenvalue weighted by Crippen LogP contribution is -2.41. The van der Waals surface area contributed by atoms with Crippen molar-refractivity contribution in [2.75, 3.05) is 7.05 Å². The van der Waals surface area contributed by atoms with Crippen molar-refractivity contribution in [1.29, 1.82) is 0 Å². The van der Waals surface area contributed by atoms with Gasteiger partial charge in [-0.05, 0) is 44.9 Å². The highest BCUT2D eigenvalue weighted by atomic mass is 16.3. The SMILES string of the molecule is CCc1ccc(C(=O)NC2CCC(NC)CC2)o1. The highest BCUT2D eigenvalue weighted by Crippen LogP contribution is 2.19. The topological polar surface area (TPSA) is 54.3 Å². The highest BCUT2D eigenvalue weighted by molar-refractivity contribution is 5.91. The summed E-state index contributed by atoms with van der Waals surface area (Å²) in [5.41, 5.74) is 0. The molecule has 2 rings (SSSR count). The van der Waals surface area contributed by atoms with Gasteiger partial charge in [-0.1, -0.05) is 6.92 Å². The molecule has 0 spiro atoms. The Bertz CT molecular complexity index is 392. The van der Waals surface area contributed by atoms with Gasteiger partial charge in [-0.2, -0.15) is 0 Å². The third kappa shape index (κ3) is 3.13. The fraction of sp³-hybridized carbons (Fsp3) is 0.643. The molecule has 1 aliphatic carbocycles. The molecule has 2 N–H and O–H groups in total. The van der Waals surface area contributed by atoms with E-state index in [0.717, 1.165) is 37.9 Å². The third-order valence-electron chi connectivity index (χ3n) is 3.70. The van der Waals surface area contributed by atoms with Crippen LogP contribution in [0, 0.1) is 0 Å². The maximum Gasteiger partial charge on any atom is 0.287 e. The van der Waals surface area contributed by atoms with Crippen molar-refractivity contribution in [1.82, 2.24) is 10.6 Å². The van der Waals surface area contributed by atoms with Crippen molar-refractivity contribution in [2.45, 2.75) is 51.1 Å². The molecule has 0 atom stereocenters. The van der Waals surface area contributed by atoms with Crippen molar-refractivity contribution in [3.05, 3.63) is 23.7 Å². The van der Waals surface area contributed by atoms with Gasteiger partial charge < -0.3 is 15.1 Å². The van der Waals surface area contributed by atoms with Crippen LogP contribution in [0.4, 0.5) is 0 Å². The van der Waals surface area contributed by atoms with Crippen molar-refractivity contribution >= 4 is 5.91 Å². The molecule has 0 unspecified atom stereocenters. The van der Waals surface area contributed by atoms with Crippen LogP contribution in [0.5, 0.6) is 0 Å². The predicted octanol–water partition coefficient (Wildman–Crippen LogP) is 2.10. The lowest BCUT2D eigenvalue weighted by molar-refractivity contribution is 0.0895. The third-order valence-corrected chi connectivity index (χ3v) is 3.70. The standard InChI is InChI=1S/C14H22N2O2/c1-3-12-8-9-13(18-12)14(17)16-11-6-4-10(15-2)5-7-11/h8-11,15H,3-7H2,1-2H3,(H,16,17). The number of rotatable bonds is 4. The van der Waals surface area contributed by atoms with E-state index < -0.39 is 0 Å². The summed E-state index contributed by atoms with van der Waals surface area (Å²) in [4.78, 5) is 12.0. The lowest BCUT2D eigenvalue weighted by atomic mass is 9.91. The predicted molar refractivity (Wildman–Crippen MR) is 70.7 cm³/mol. The van der Waals surface area contributed by atoms with E-state index in [1.807, 2.05) is 20.0 Å². The first kappa shape index (κ1) is 13.1. The van der Waals surface area contributed by atoms with Crippen molar-refractivity contribution in [2.24, 2.45) is 0 Å². The fourth-order valence-electron chi connectivity index (χ4n) is 2.47. The minimum absolute atomic E-state index is 0.0809. The molecule has 100 valence electrons. The smallest absolute Gasteiger partial charge is 0.287 e. The number of nitrogens with one attached hydrogen (secondary N) is 2. The summed E-state index contributed by atoms with van der Waals surface area (Å²) in [6.45, 7) is 2.01. The van der Waals surface area contributed by atoms with Gasteiger partial charge in [0.2, 0.25) is 0 Å². The zero-order chi connectivity index (χ0) is 13.0. The fourth-order valence-corrected chi connectivity index (χ4v) is 2.47. The molecule has 0 radical (unpaired) electrons. The van der Waals surface area contributed by atoms with E-state index in [2.05, 4.69) is 10.6 Å². The Morgan fingerprint density at radius 3 is 2.50 bits per heavy atom. The first-order valence-electron chi connectivity index (χ1n) is 6.79. The van der Waals surface area contributed by atoms with E-state index in [0.29, 0.717) is 11.8 Å². The highest BCUT2D eigenvalue weighted by Gasteiger charge is 2.22. The molecule has 4 nitrogen and oxygen atoms in total. The van der Waals surface area contributed by atoms with Gasteiger partial charge in [-0.15, -0.1) is 0 Å². The summed E-state index contributed by atoms with van der Waals surface area (Å²) in [5.74, 6) is 1.21. The van der Waals surface area contributed by atoms with Crippen LogP contribution in [0.2, 0.25) is 0 Å². The van der Waals surface area contributed by atoms with Crippen LogP contribution >= 0.6 is 0 Å². The molecule has 1 amide bonds. The summed E-state index contributed by atoms with van der Waals surface area (Å²) < 4.78 is 5.45. The van der Waals surface area contributed by atoms with Gasteiger partial charge in [0.05, 0.1) is 0 Å². The first-order valence-corrected chi connectivity index (χ1v) is 6.79. The van der Waals surface area contributed by atoms with Gasteiger partial charge in [-0.3, -0.25) is 4.79 Å². The second kappa shape index (κ2) is 6.05. The van der Waals surface area contributed by atoms with Crippen molar-refractivity contribution in [3.8, 4) is 0 Å². The van der Waals surface area contributed by atoms with Crippen LogP contribution in [-0.4, -0.2) is 25.0 Å². The van der Waals surface area contributed by atoms with Crippen molar-refractivity contribution in [3.63, 3.8) is 0 Å². The summed E-state index contributed by atoms with van der Waals surface area (Å²) >= 11 is 0. The zero-order valence-corrected chi connectivity index (χ0v) is 11.2. The van der Waals surface area contributed by atoms with Crippen LogP contribution < -0.4 is 10.6 Å². The molecule has 1 saturated carbocycles. The summed E-state index contributed by atoms with van der Waals surface area (Å²) in [6.07, 6.45) is 5.15. The van der Waals surface area contributed by atoms with Crippen molar-refractivity contribution < 1.29 is 9.21 Å². The van der Waals surface area contributed by atoms with Crippen LogP contribution in [0.1, 0.15) is 48.9 Å². The molecule has 1 fully saturated rings. The molecule has 0 aromatic carbocycles. The molecule has 0 saturated heterocycles. The van der Waals surface area contributed by atoms with E-state index in [4.69, 9.17) is 4.42 Å². The molecule has 0 aliphatic heterocycles. The molecule has 1 aromatic rings. The summed E-state index contributed by atoms with van der Waals surface area (Å²) in [5, 5.41) is 6.35. The molecule has 1 aromatic heterocycles. The summed E-state index contributed by atoms with van der Waals surface area (Å²) in [7, 11) is 2.00. The van der Waals surface area contributed by atoms with Gasteiger partial charge in [0.25, 0.3) is 5.91 Å². The molecule has 0 bridgehead atoms. The second-order valence-electron chi connectivity index (χ2n) is 4.93. The van der Waals surface area contributed by atoms with Gasteiger partial charge in [0.15, 0.2) is 5.76 Å². The van der Waals surface area contributed by atoms with Gasteiger partial charge in [0.1, 0.15) is 5.76 Å². The summed E-state index contributed by atoms with van der Waals surface area (Å²) in [6, 6.07) is 4.52. The normalized spacial score (nSPS) is 23.9. The number of carbonyl (C=O) groups is 1. The monoisotopic (exact) mass is 250 g/mol. The second-order valence-corrected chi connectivity index (χ2v) is 4.93. The molecule has 1 heterocycles. The molecular formula is C14H22N2O2. The lowest BCUT2D eigenvalue weighted by Gasteiger charge is -2.28. The largest absolute Gasteiger partial charge is 0.456 e. The Kier molecular flexibility index (Phi) is 4.42. The van der Waals surface area contributed by atoms with Gasteiger partial charge >= 0.3 is 0 Å². The molecular weight excluding hydrogens is 228 g/mol. The number of aryl methyl sites for hydroxylation is 1. The molecule has 4 heteroatoms. The van der Waals surface area contributed by atoms with E-state index in [1.165, 1.54) is 0 Å². The molecule has 1 aliphatic rings. The Balaban J connectivity index is 1.84. The maximum atomic E-state index is 12.0. The van der Waals surface area contributed by atoms with E-state index in [1.54, 1.807) is 6.07 Å². The Hall–Kier alpha value is -1.29. The molecule has 18 heavy (non-hydrogen) atoms. The minimum atomic E-state index is -0.0809. The number of carbonyl (C=O) groups excluding carboxylic acids is 1. The van der Waals surface area contributed by atoms with E-state index >= 15 is 0 Å². The van der Waals surface area contributed by atoms with E-state index in [9.17, 15) is 4.79 Å². The maximum absolute atomic E-state index is 12.0. The Morgan fingerprint density at radius 1 is 1.28 bits per heavy atom. The first-order chi connectivity index (χ1) is 8.72.